The van der Waals surface area contributed by atoms with Gasteiger partial charge in [-0.3, -0.25) is 4.72 Å². The minimum atomic E-state index is -3.84. The maximum absolute atomic E-state index is 12.5. The summed E-state index contributed by atoms with van der Waals surface area (Å²) < 4.78 is 33.8. The fourth-order valence-corrected chi connectivity index (χ4v) is 3.38. The number of hydrogen-bond acceptors (Lipinski definition) is 4. The van der Waals surface area contributed by atoms with Crippen LogP contribution in [0.1, 0.15) is 23.0 Å². The van der Waals surface area contributed by atoms with Gasteiger partial charge in [0.15, 0.2) is 0 Å². The lowest BCUT2D eigenvalue weighted by Crippen LogP contribution is -2.13. The third kappa shape index (κ3) is 3.68. The van der Waals surface area contributed by atoms with Crippen LogP contribution in [0.25, 0.3) is 0 Å². The van der Waals surface area contributed by atoms with Gasteiger partial charge in [-0.2, -0.15) is 0 Å². The Balaban J connectivity index is 2.35. The Hall–Kier alpha value is -1.99. The van der Waals surface area contributed by atoms with E-state index in [9.17, 15) is 13.2 Å². The Morgan fingerprint density at radius 2 is 2.09 bits per heavy atom. The van der Waals surface area contributed by atoms with Crippen molar-refractivity contribution in [3.8, 4) is 0 Å². The summed E-state index contributed by atoms with van der Waals surface area (Å²) in [6.45, 7) is 3.61. The first-order valence-electron chi connectivity index (χ1n) is 6.87. The average Bonchev–Trinajstić information content (AvgIpc) is 2.87. The van der Waals surface area contributed by atoms with Crippen LogP contribution in [0.2, 0.25) is 5.02 Å². The van der Waals surface area contributed by atoms with Gasteiger partial charge in [-0.25, -0.2) is 13.2 Å². The molecule has 1 heterocycles. The summed E-state index contributed by atoms with van der Waals surface area (Å²) in [6.07, 6.45) is 1.36. The standard InChI is InChI=1S/C15H17ClN2O4S/c1-4-22-15(19)14-8-11(9-18(14)3)23(20,21)17-13-7-5-6-12(16)10(13)2/h5-9,17H,4H2,1-3H3. The van der Waals surface area contributed by atoms with Gasteiger partial charge in [-0.1, -0.05) is 17.7 Å². The van der Waals surface area contributed by atoms with Gasteiger partial charge in [0, 0.05) is 18.3 Å². The number of aryl methyl sites for hydroxylation is 1. The Bertz CT molecular complexity index is 843. The summed E-state index contributed by atoms with van der Waals surface area (Å²) in [5.41, 5.74) is 1.17. The zero-order valence-corrected chi connectivity index (χ0v) is 14.5. The minimum Gasteiger partial charge on any atom is -0.461 e. The molecule has 1 aromatic carbocycles. The lowest BCUT2D eigenvalue weighted by molar-refractivity contribution is 0.0515. The molecule has 8 heteroatoms. The van der Waals surface area contributed by atoms with Crippen molar-refractivity contribution in [1.29, 1.82) is 0 Å². The predicted molar refractivity (Wildman–Crippen MR) is 88.4 cm³/mol. The molecule has 0 bridgehead atoms. The van der Waals surface area contributed by atoms with Crippen molar-refractivity contribution < 1.29 is 17.9 Å². The fraction of sp³-hybridized carbons (Fsp3) is 0.267. The number of rotatable bonds is 5. The molecule has 0 saturated carbocycles. The second-order valence-corrected chi connectivity index (χ2v) is 7.00. The van der Waals surface area contributed by atoms with Gasteiger partial charge in [0.1, 0.15) is 10.6 Å². The van der Waals surface area contributed by atoms with Crippen LogP contribution in [0, 0.1) is 6.92 Å². The summed E-state index contributed by atoms with van der Waals surface area (Å²) in [6, 6.07) is 6.23. The summed E-state index contributed by atoms with van der Waals surface area (Å²) in [7, 11) is -2.26. The number of anilines is 1. The molecule has 1 N–H and O–H groups in total. The van der Waals surface area contributed by atoms with E-state index < -0.39 is 16.0 Å². The highest BCUT2D eigenvalue weighted by Gasteiger charge is 2.22. The summed E-state index contributed by atoms with van der Waals surface area (Å²) in [5, 5.41) is 0.463. The molecule has 6 nitrogen and oxygen atoms in total. The number of nitrogens with one attached hydrogen (secondary N) is 1. The first-order chi connectivity index (χ1) is 10.8. The molecular formula is C15H17ClN2O4S. The molecule has 0 spiro atoms. The molecule has 2 aromatic rings. The van der Waals surface area contributed by atoms with Crippen molar-refractivity contribution in [2.45, 2.75) is 18.7 Å². The zero-order valence-electron chi connectivity index (χ0n) is 13.0. The van der Waals surface area contributed by atoms with Crippen LogP contribution in [0.3, 0.4) is 0 Å². The van der Waals surface area contributed by atoms with Crippen molar-refractivity contribution in [2.24, 2.45) is 7.05 Å². The molecule has 2 rings (SSSR count). The van der Waals surface area contributed by atoms with E-state index in [1.165, 1.54) is 16.8 Å². The molecule has 0 aliphatic carbocycles. The number of carbonyl (C=O) groups is 1. The number of nitrogens with zero attached hydrogens (tertiary/aromatic N) is 1. The average molecular weight is 357 g/mol. The van der Waals surface area contributed by atoms with Gasteiger partial charge < -0.3 is 9.30 Å². The fourth-order valence-electron chi connectivity index (χ4n) is 2.01. The topological polar surface area (TPSA) is 77.4 Å². The number of aromatic nitrogens is 1. The van der Waals surface area contributed by atoms with Gasteiger partial charge in [0.05, 0.1) is 12.3 Å². The molecule has 0 aliphatic rings. The highest BCUT2D eigenvalue weighted by atomic mass is 35.5. The number of ether oxygens (including phenoxy) is 1. The SMILES string of the molecule is CCOC(=O)c1cc(S(=O)(=O)Nc2cccc(Cl)c2C)cn1C. The maximum atomic E-state index is 12.5. The Labute approximate surface area is 140 Å². The highest BCUT2D eigenvalue weighted by Crippen LogP contribution is 2.26. The van der Waals surface area contributed by atoms with Gasteiger partial charge in [0.25, 0.3) is 10.0 Å². The smallest absolute Gasteiger partial charge is 0.354 e. The Morgan fingerprint density at radius 1 is 1.39 bits per heavy atom. The third-order valence-electron chi connectivity index (χ3n) is 3.29. The molecule has 23 heavy (non-hydrogen) atoms. The molecule has 0 aliphatic heterocycles. The molecule has 0 saturated heterocycles. The zero-order chi connectivity index (χ0) is 17.2. The molecular weight excluding hydrogens is 340 g/mol. The number of carbonyl (C=O) groups excluding carboxylic acids is 1. The Kier molecular flexibility index (Phi) is 5.01. The minimum absolute atomic E-state index is 0.0255. The van der Waals surface area contributed by atoms with Crippen molar-refractivity contribution in [3.63, 3.8) is 0 Å². The summed E-state index contributed by atoms with van der Waals surface area (Å²) >= 11 is 5.99. The lowest BCUT2D eigenvalue weighted by atomic mass is 10.2. The van der Waals surface area contributed by atoms with E-state index in [0.29, 0.717) is 16.3 Å². The lowest BCUT2D eigenvalue weighted by Gasteiger charge is -2.10. The second kappa shape index (κ2) is 6.64. The van der Waals surface area contributed by atoms with E-state index in [-0.39, 0.29) is 17.2 Å². The maximum Gasteiger partial charge on any atom is 0.354 e. The van der Waals surface area contributed by atoms with Crippen LogP contribution in [-0.4, -0.2) is 25.6 Å². The third-order valence-corrected chi connectivity index (χ3v) is 5.03. The molecule has 0 atom stereocenters. The van der Waals surface area contributed by atoms with Gasteiger partial charge >= 0.3 is 5.97 Å². The molecule has 0 fully saturated rings. The van der Waals surface area contributed by atoms with E-state index in [1.54, 1.807) is 39.1 Å². The molecule has 124 valence electrons. The van der Waals surface area contributed by atoms with Crippen LogP contribution in [0.4, 0.5) is 5.69 Å². The predicted octanol–water partition coefficient (Wildman–Crippen LogP) is 2.96. The van der Waals surface area contributed by atoms with E-state index in [2.05, 4.69) is 4.72 Å². The molecule has 0 amide bonds. The normalized spacial score (nSPS) is 11.3. The van der Waals surface area contributed by atoms with Crippen LogP contribution in [0.5, 0.6) is 0 Å². The van der Waals surface area contributed by atoms with E-state index >= 15 is 0 Å². The monoisotopic (exact) mass is 356 g/mol. The number of sulfonamides is 1. The van der Waals surface area contributed by atoms with Crippen LogP contribution >= 0.6 is 11.6 Å². The van der Waals surface area contributed by atoms with Crippen molar-refractivity contribution in [3.05, 3.63) is 46.7 Å². The molecule has 1 aromatic heterocycles. The van der Waals surface area contributed by atoms with Crippen LogP contribution < -0.4 is 4.72 Å². The quantitative estimate of drug-likeness (QED) is 0.835. The number of esters is 1. The second-order valence-electron chi connectivity index (χ2n) is 4.91. The largest absolute Gasteiger partial charge is 0.461 e. The van der Waals surface area contributed by atoms with E-state index in [0.717, 1.165) is 0 Å². The Morgan fingerprint density at radius 3 is 2.74 bits per heavy atom. The first kappa shape index (κ1) is 17.4. The number of halogens is 1. The van der Waals surface area contributed by atoms with Crippen molar-refractivity contribution in [1.82, 2.24) is 4.57 Å². The van der Waals surface area contributed by atoms with E-state index in [1.807, 2.05) is 0 Å². The van der Waals surface area contributed by atoms with Crippen LogP contribution in [-0.2, 0) is 21.8 Å². The van der Waals surface area contributed by atoms with Crippen molar-refractivity contribution in [2.75, 3.05) is 11.3 Å². The summed E-state index contributed by atoms with van der Waals surface area (Å²) in [4.78, 5) is 11.8. The first-order valence-corrected chi connectivity index (χ1v) is 8.73. The van der Waals surface area contributed by atoms with Crippen LogP contribution in [0.15, 0.2) is 35.4 Å². The van der Waals surface area contributed by atoms with Crippen molar-refractivity contribution >= 4 is 33.3 Å². The molecule has 0 unspecified atom stereocenters. The summed E-state index contributed by atoms with van der Waals surface area (Å²) in [5.74, 6) is -0.574. The molecule has 0 radical (unpaired) electrons. The highest BCUT2D eigenvalue weighted by molar-refractivity contribution is 7.92. The van der Waals surface area contributed by atoms with Gasteiger partial charge in [-0.15, -0.1) is 0 Å². The van der Waals surface area contributed by atoms with Gasteiger partial charge in [0.2, 0.25) is 0 Å². The number of benzene rings is 1. The van der Waals surface area contributed by atoms with E-state index in [4.69, 9.17) is 16.3 Å². The number of hydrogen-bond donors (Lipinski definition) is 1. The van der Waals surface area contributed by atoms with Gasteiger partial charge in [-0.05, 0) is 37.6 Å².